The van der Waals surface area contributed by atoms with Gasteiger partial charge in [-0.15, -0.1) is 0 Å². The maximum absolute atomic E-state index is 12.8. The first-order chi connectivity index (χ1) is 12.0. The molecule has 0 aliphatic carbocycles. The average molecular weight is 564 g/mol. The summed E-state index contributed by atoms with van der Waals surface area (Å²) in [5, 5.41) is 3.97. The number of carbonyl (C=O) groups excluding carboxylic acids is 1. The zero-order valence-electron chi connectivity index (χ0n) is 13.1. The molecule has 0 fully saturated rings. The smallest absolute Gasteiger partial charge is 0.244 e. The maximum Gasteiger partial charge on any atom is 0.244 e. The highest BCUT2D eigenvalue weighted by molar-refractivity contribution is 14.1. The molecule has 25 heavy (non-hydrogen) atoms. The predicted octanol–water partition coefficient (Wildman–Crippen LogP) is 4.29. The molecular formula is C18H15FI2N2O2. The number of carbonyl (C=O) groups is 1. The van der Waals surface area contributed by atoms with Crippen molar-refractivity contribution in [3.8, 4) is 5.75 Å². The Labute approximate surface area is 172 Å². The Morgan fingerprint density at radius 2 is 1.88 bits per heavy atom. The second kappa shape index (κ2) is 9.85. The van der Waals surface area contributed by atoms with Crippen LogP contribution in [0.2, 0.25) is 0 Å². The second-order valence-electron chi connectivity index (χ2n) is 5.01. The van der Waals surface area contributed by atoms with Crippen molar-refractivity contribution in [3.63, 3.8) is 0 Å². The molecule has 4 nitrogen and oxygen atoms in total. The standard InChI is InChI=1S/C18H15FI2N2O2/c1-2-7-25-18-15(20)8-13(9-16(18)21)11-22-23-17(24)10-12-3-5-14(19)6-4-12/h2-6,8-9,11H,1,7,10H2,(H,23,24)/b22-11+. The lowest BCUT2D eigenvalue weighted by Gasteiger charge is -2.09. The summed E-state index contributed by atoms with van der Waals surface area (Å²) in [6.45, 7) is 4.08. The van der Waals surface area contributed by atoms with Crippen LogP contribution in [0.15, 0.2) is 54.2 Å². The summed E-state index contributed by atoms with van der Waals surface area (Å²) >= 11 is 4.38. The van der Waals surface area contributed by atoms with Gasteiger partial charge in [-0.25, -0.2) is 9.82 Å². The van der Waals surface area contributed by atoms with Gasteiger partial charge in [0.1, 0.15) is 18.2 Å². The van der Waals surface area contributed by atoms with Gasteiger partial charge in [-0.3, -0.25) is 4.79 Å². The number of halogens is 3. The van der Waals surface area contributed by atoms with E-state index in [-0.39, 0.29) is 18.1 Å². The molecular weight excluding hydrogens is 549 g/mol. The number of hydrogen-bond acceptors (Lipinski definition) is 3. The monoisotopic (exact) mass is 564 g/mol. The van der Waals surface area contributed by atoms with E-state index in [2.05, 4.69) is 62.3 Å². The zero-order chi connectivity index (χ0) is 18.2. The van der Waals surface area contributed by atoms with Crippen LogP contribution in [0.1, 0.15) is 11.1 Å². The molecule has 0 radical (unpaired) electrons. The first-order valence-corrected chi connectivity index (χ1v) is 9.44. The number of ether oxygens (including phenoxy) is 1. The first-order valence-electron chi connectivity index (χ1n) is 7.28. The van der Waals surface area contributed by atoms with Gasteiger partial charge < -0.3 is 4.74 Å². The van der Waals surface area contributed by atoms with Crippen molar-refractivity contribution < 1.29 is 13.9 Å². The van der Waals surface area contributed by atoms with Crippen LogP contribution in [0.5, 0.6) is 5.75 Å². The van der Waals surface area contributed by atoms with Gasteiger partial charge in [0, 0.05) is 0 Å². The molecule has 2 aromatic carbocycles. The molecule has 0 aliphatic rings. The fourth-order valence-electron chi connectivity index (χ4n) is 1.94. The van der Waals surface area contributed by atoms with Crippen molar-refractivity contribution in [2.24, 2.45) is 5.10 Å². The van der Waals surface area contributed by atoms with E-state index in [0.717, 1.165) is 24.0 Å². The highest BCUT2D eigenvalue weighted by atomic mass is 127. The molecule has 0 saturated carbocycles. The van der Waals surface area contributed by atoms with Gasteiger partial charge in [-0.05, 0) is 80.6 Å². The number of rotatable bonds is 7. The van der Waals surface area contributed by atoms with E-state index < -0.39 is 0 Å². The SMILES string of the molecule is C=CCOc1c(I)cc(/C=N/NC(=O)Cc2ccc(F)cc2)cc1I. The van der Waals surface area contributed by atoms with Crippen molar-refractivity contribution in [1.82, 2.24) is 5.43 Å². The van der Waals surface area contributed by atoms with Crippen molar-refractivity contribution in [2.75, 3.05) is 6.61 Å². The lowest BCUT2D eigenvalue weighted by molar-refractivity contribution is -0.120. The number of nitrogens with zero attached hydrogens (tertiary/aromatic N) is 1. The molecule has 0 atom stereocenters. The predicted molar refractivity (Wildman–Crippen MR) is 113 cm³/mol. The molecule has 130 valence electrons. The Morgan fingerprint density at radius 1 is 1.24 bits per heavy atom. The molecule has 0 heterocycles. The number of hydrazone groups is 1. The molecule has 0 aliphatic heterocycles. The third kappa shape index (κ3) is 6.38. The molecule has 0 spiro atoms. The van der Waals surface area contributed by atoms with Crippen LogP contribution in [0.25, 0.3) is 0 Å². The summed E-state index contributed by atoms with van der Waals surface area (Å²) in [5.41, 5.74) is 4.04. The third-order valence-electron chi connectivity index (χ3n) is 3.05. The van der Waals surface area contributed by atoms with Crippen LogP contribution < -0.4 is 10.2 Å². The minimum Gasteiger partial charge on any atom is -0.487 e. The molecule has 7 heteroatoms. The first kappa shape index (κ1) is 19.8. The van der Waals surface area contributed by atoms with Crippen LogP contribution in [0.3, 0.4) is 0 Å². The van der Waals surface area contributed by atoms with Gasteiger partial charge in [-0.2, -0.15) is 5.10 Å². The Bertz CT molecular complexity index is 769. The lowest BCUT2D eigenvalue weighted by Crippen LogP contribution is -2.19. The largest absolute Gasteiger partial charge is 0.487 e. The molecule has 2 aromatic rings. The van der Waals surface area contributed by atoms with Crippen LogP contribution in [-0.4, -0.2) is 18.7 Å². The van der Waals surface area contributed by atoms with Gasteiger partial charge in [0.25, 0.3) is 0 Å². The molecule has 0 unspecified atom stereocenters. The van der Waals surface area contributed by atoms with Crippen molar-refractivity contribution in [2.45, 2.75) is 6.42 Å². The minimum atomic E-state index is -0.327. The fourth-order valence-corrected chi connectivity index (χ4v) is 4.07. The van der Waals surface area contributed by atoms with Crippen molar-refractivity contribution >= 4 is 57.3 Å². The lowest BCUT2D eigenvalue weighted by atomic mass is 10.1. The normalized spacial score (nSPS) is 10.7. The van der Waals surface area contributed by atoms with Crippen LogP contribution in [-0.2, 0) is 11.2 Å². The summed E-state index contributed by atoms with van der Waals surface area (Å²) in [4.78, 5) is 11.8. The van der Waals surface area contributed by atoms with Gasteiger partial charge >= 0.3 is 0 Å². The third-order valence-corrected chi connectivity index (χ3v) is 4.65. The van der Waals surface area contributed by atoms with Crippen LogP contribution >= 0.6 is 45.2 Å². The molecule has 0 saturated heterocycles. The van der Waals surface area contributed by atoms with E-state index in [0.29, 0.717) is 6.61 Å². The van der Waals surface area contributed by atoms with E-state index in [4.69, 9.17) is 4.74 Å². The molecule has 0 bridgehead atoms. The van der Waals surface area contributed by atoms with Crippen molar-refractivity contribution in [1.29, 1.82) is 0 Å². The summed E-state index contributed by atoms with van der Waals surface area (Å²) in [7, 11) is 0. The molecule has 1 N–H and O–H groups in total. The molecule has 1 amide bonds. The Kier molecular flexibility index (Phi) is 7.82. The van der Waals surface area contributed by atoms with E-state index in [9.17, 15) is 9.18 Å². The van der Waals surface area contributed by atoms with Gasteiger partial charge in [0.05, 0.1) is 19.8 Å². The molecule has 0 aromatic heterocycles. The van der Waals surface area contributed by atoms with E-state index >= 15 is 0 Å². The van der Waals surface area contributed by atoms with E-state index in [1.807, 2.05) is 12.1 Å². The van der Waals surface area contributed by atoms with Crippen molar-refractivity contribution in [3.05, 3.63) is 73.1 Å². The van der Waals surface area contributed by atoms with Gasteiger partial charge in [-0.1, -0.05) is 24.8 Å². The fraction of sp³-hybridized carbons (Fsp3) is 0.111. The second-order valence-corrected chi connectivity index (χ2v) is 7.33. The molecule has 2 rings (SSSR count). The van der Waals surface area contributed by atoms with Crippen LogP contribution in [0, 0.1) is 13.0 Å². The maximum atomic E-state index is 12.8. The van der Waals surface area contributed by atoms with E-state index in [1.54, 1.807) is 24.4 Å². The Hall–Kier alpha value is -1.49. The summed E-state index contributed by atoms with van der Waals surface area (Å²) in [6, 6.07) is 9.63. The quantitative estimate of drug-likeness (QED) is 0.236. The zero-order valence-corrected chi connectivity index (χ0v) is 17.5. The topological polar surface area (TPSA) is 50.7 Å². The van der Waals surface area contributed by atoms with E-state index in [1.165, 1.54) is 12.1 Å². The number of nitrogens with one attached hydrogen (secondary N) is 1. The number of benzene rings is 2. The highest BCUT2D eigenvalue weighted by Gasteiger charge is 2.08. The Morgan fingerprint density at radius 3 is 2.48 bits per heavy atom. The number of amides is 1. The van der Waals surface area contributed by atoms with Gasteiger partial charge in [0.15, 0.2) is 0 Å². The Balaban J connectivity index is 1.96. The van der Waals surface area contributed by atoms with Gasteiger partial charge in [0.2, 0.25) is 5.91 Å². The summed E-state index contributed by atoms with van der Waals surface area (Å²) in [5.74, 6) is 0.212. The minimum absolute atomic E-state index is 0.140. The summed E-state index contributed by atoms with van der Waals surface area (Å²) in [6.07, 6.45) is 3.41. The average Bonchev–Trinajstić information content (AvgIpc) is 2.56. The highest BCUT2D eigenvalue weighted by Crippen LogP contribution is 2.28. The van der Waals surface area contributed by atoms with Crippen LogP contribution in [0.4, 0.5) is 4.39 Å². The number of hydrogen-bond donors (Lipinski definition) is 1. The summed E-state index contributed by atoms with van der Waals surface area (Å²) < 4.78 is 20.4.